The fourth-order valence-corrected chi connectivity index (χ4v) is 2.87. The first-order valence-electron chi connectivity index (χ1n) is 8.39. The van der Waals surface area contributed by atoms with E-state index in [0.717, 1.165) is 35.6 Å². The summed E-state index contributed by atoms with van der Waals surface area (Å²) in [5.74, 6) is 1.75. The van der Waals surface area contributed by atoms with Gasteiger partial charge in [0.1, 0.15) is 12.4 Å². The molecule has 6 nitrogen and oxygen atoms in total. The smallest absolute Gasteiger partial charge is 0.194 e. The van der Waals surface area contributed by atoms with Gasteiger partial charge in [-0.25, -0.2) is 9.98 Å². The van der Waals surface area contributed by atoms with E-state index in [1.54, 1.807) is 11.3 Å². The third kappa shape index (κ3) is 7.36. The lowest BCUT2D eigenvalue weighted by Gasteiger charge is -2.22. The van der Waals surface area contributed by atoms with Crippen LogP contribution in [0.4, 0.5) is 5.13 Å². The summed E-state index contributed by atoms with van der Waals surface area (Å²) in [6.45, 7) is 4.81. The number of rotatable bonds is 8. The highest BCUT2D eigenvalue weighted by Gasteiger charge is 2.07. The topological polar surface area (TPSA) is 53.0 Å². The molecule has 0 unspecified atom stereocenters. The highest BCUT2D eigenvalue weighted by Crippen LogP contribution is 2.18. The van der Waals surface area contributed by atoms with Crippen molar-refractivity contribution in [1.29, 1.82) is 0 Å². The minimum Gasteiger partial charge on any atom is -0.492 e. The Morgan fingerprint density at radius 3 is 2.58 bits per heavy atom. The molecule has 144 valence electrons. The van der Waals surface area contributed by atoms with Crippen LogP contribution in [0.2, 0.25) is 0 Å². The lowest BCUT2D eigenvalue weighted by atomic mass is 10.3. The van der Waals surface area contributed by atoms with Crippen LogP contribution in [0.3, 0.4) is 0 Å². The first kappa shape index (κ1) is 22.5. The molecule has 0 spiro atoms. The Kier molecular flexibility index (Phi) is 10.3. The van der Waals surface area contributed by atoms with Gasteiger partial charge in [-0.2, -0.15) is 0 Å². The number of benzene rings is 1. The Labute approximate surface area is 177 Å². The van der Waals surface area contributed by atoms with E-state index in [0.29, 0.717) is 13.2 Å². The number of hydrogen-bond donors (Lipinski definition) is 1. The molecular weight excluding hydrogens is 461 g/mol. The number of hydrogen-bond acceptors (Lipinski definition) is 5. The van der Waals surface area contributed by atoms with Crippen molar-refractivity contribution in [2.24, 2.45) is 4.99 Å². The summed E-state index contributed by atoms with van der Waals surface area (Å²) in [6, 6.07) is 9.85. The monoisotopic (exact) mass is 489 g/mol. The Bertz CT molecular complexity index is 663. The molecule has 1 N–H and O–H groups in total. The fourth-order valence-electron chi connectivity index (χ4n) is 2.12. The Balaban J connectivity index is 0.00000338. The molecule has 0 radical (unpaired) electrons. The van der Waals surface area contributed by atoms with Crippen molar-refractivity contribution in [1.82, 2.24) is 15.2 Å². The number of nitrogens with one attached hydrogen (secondary N) is 1. The molecule has 0 aliphatic rings. The third-order valence-corrected chi connectivity index (χ3v) is 4.51. The molecule has 0 amide bonds. The summed E-state index contributed by atoms with van der Waals surface area (Å²) in [6.07, 6.45) is 0. The van der Waals surface area contributed by atoms with Gasteiger partial charge in [0.15, 0.2) is 11.1 Å². The third-order valence-electron chi connectivity index (χ3n) is 3.45. The lowest BCUT2D eigenvalue weighted by molar-refractivity contribution is 0.281. The fraction of sp³-hybridized carbons (Fsp3) is 0.444. The van der Waals surface area contributed by atoms with Crippen molar-refractivity contribution in [3.05, 3.63) is 41.4 Å². The van der Waals surface area contributed by atoms with Crippen LogP contribution in [0.15, 0.2) is 40.7 Å². The van der Waals surface area contributed by atoms with Gasteiger partial charge in [0.25, 0.3) is 0 Å². The van der Waals surface area contributed by atoms with Gasteiger partial charge in [0.2, 0.25) is 0 Å². The average molecular weight is 489 g/mol. The number of likely N-dealkylation sites (N-methyl/N-ethyl adjacent to an activating group) is 1. The molecule has 2 rings (SSSR count). The van der Waals surface area contributed by atoms with Crippen molar-refractivity contribution >= 4 is 46.4 Å². The van der Waals surface area contributed by atoms with Gasteiger partial charge in [-0.05, 0) is 19.1 Å². The molecule has 1 aromatic carbocycles. The first-order chi connectivity index (χ1) is 12.1. The number of halogens is 1. The molecule has 8 heteroatoms. The molecule has 0 atom stereocenters. The molecular formula is C18H28IN5OS. The van der Waals surface area contributed by atoms with E-state index in [9.17, 15) is 0 Å². The van der Waals surface area contributed by atoms with Crippen LogP contribution in [0.25, 0.3) is 0 Å². The molecule has 0 bridgehead atoms. The second kappa shape index (κ2) is 11.9. The van der Waals surface area contributed by atoms with Crippen LogP contribution in [0.5, 0.6) is 5.75 Å². The maximum absolute atomic E-state index is 5.76. The van der Waals surface area contributed by atoms with Gasteiger partial charge in [-0.3, -0.25) is 0 Å². The molecule has 0 fully saturated rings. The zero-order valence-electron chi connectivity index (χ0n) is 15.8. The molecule has 0 saturated carbocycles. The maximum atomic E-state index is 5.76. The molecule has 1 heterocycles. The van der Waals surface area contributed by atoms with Gasteiger partial charge in [-0.1, -0.05) is 18.2 Å². The number of nitrogens with zero attached hydrogens (tertiary/aromatic N) is 4. The number of guanidine groups is 1. The van der Waals surface area contributed by atoms with E-state index < -0.39 is 0 Å². The number of aromatic nitrogens is 1. The minimum absolute atomic E-state index is 0. The minimum atomic E-state index is 0. The van der Waals surface area contributed by atoms with Crippen LogP contribution in [-0.4, -0.2) is 56.7 Å². The number of para-hydroxylation sites is 1. The van der Waals surface area contributed by atoms with Gasteiger partial charge in [0.05, 0.1) is 18.8 Å². The first-order valence-corrected chi connectivity index (χ1v) is 9.27. The summed E-state index contributed by atoms with van der Waals surface area (Å²) in [4.78, 5) is 13.3. The summed E-state index contributed by atoms with van der Waals surface area (Å²) in [7, 11) is 6.01. The molecule has 2 aromatic rings. The van der Waals surface area contributed by atoms with Gasteiger partial charge >= 0.3 is 0 Å². The quantitative estimate of drug-likeness (QED) is 0.351. The zero-order chi connectivity index (χ0) is 18.1. The summed E-state index contributed by atoms with van der Waals surface area (Å²) in [5, 5.41) is 6.37. The Hall–Kier alpha value is -1.55. The molecule has 26 heavy (non-hydrogen) atoms. The van der Waals surface area contributed by atoms with E-state index in [2.05, 4.69) is 32.5 Å². The number of aliphatic imine (C=N–C) groups is 1. The van der Waals surface area contributed by atoms with E-state index in [4.69, 9.17) is 4.74 Å². The SMILES string of the molecule is CCNC(=NCc1csc(N(C)C)n1)N(C)CCOc1ccccc1.I. The second-order valence-corrected chi connectivity index (χ2v) is 6.61. The van der Waals surface area contributed by atoms with E-state index in [1.165, 1.54) is 0 Å². The maximum Gasteiger partial charge on any atom is 0.194 e. The molecule has 0 saturated heterocycles. The highest BCUT2D eigenvalue weighted by molar-refractivity contribution is 14.0. The van der Waals surface area contributed by atoms with Gasteiger partial charge < -0.3 is 19.9 Å². The summed E-state index contributed by atoms with van der Waals surface area (Å²) in [5.41, 5.74) is 0.984. The van der Waals surface area contributed by atoms with E-state index in [1.807, 2.05) is 56.4 Å². The number of anilines is 1. The van der Waals surface area contributed by atoms with Crippen LogP contribution in [-0.2, 0) is 6.54 Å². The largest absolute Gasteiger partial charge is 0.492 e. The Morgan fingerprint density at radius 2 is 1.96 bits per heavy atom. The molecule has 0 aliphatic heterocycles. The highest BCUT2D eigenvalue weighted by atomic mass is 127. The molecule has 1 aromatic heterocycles. The predicted molar refractivity (Wildman–Crippen MR) is 121 cm³/mol. The average Bonchev–Trinajstić information content (AvgIpc) is 3.08. The van der Waals surface area contributed by atoms with Gasteiger partial charge in [-0.15, -0.1) is 35.3 Å². The van der Waals surface area contributed by atoms with Crippen molar-refractivity contribution < 1.29 is 4.74 Å². The van der Waals surface area contributed by atoms with Crippen LogP contribution >= 0.6 is 35.3 Å². The summed E-state index contributed by atoms with van der Waals surface area (Å²) >= 11 is 1.63. The van der Waals surface area contributed by atoms with E-state index in [-0.39, 0.29) is 24.0 Å². The van der Waals surface area contributed by atoms with Gasteiger partial charge in [0, 0.05) is 33.1 Å². The normalized spacial score (nSPS) is 10.8. The number of ether oxygens (including phenoxy) is 1. The zero-order valence-corrected chi connectivity index (χ0v) is 19.0. The second-order valence-electron chi connectivity index (χ2n) is 5.77. The van der Waals surface area contributed by atoms with Crippen molar-refractivity contribution in [3.63, 3.8) is 0 Å². The van der Waals surface area contributed by atoms with Crippen molar-refractivity contribution in [2.75, 3.05) is 45.7 Å². The number of thiazole rings is 1. The summed E-state index contributed by atoms with van der Waals surface area (Å²) < 4.78 is 5.76. The Morgan fingerprint density at radius 1 is 1.23 bits per heavy atom. The predicted octanol–water partition coefficient (Wildman–Crippen LogP) is 3.30. The van der Waals surface area contributed by atoms with E-state index >= 15 is 0 Å². The van der Waals surface area contributed by atoms with Crippen molar-refractivity contribution in [2.45, 2.75) is 13.5 Å². The molecule has 0 aliphatic carbocycles. The lowest BCUT2D eigenvalue weighted by Crippen LogP contribution is -2.40. The van der Waals surface area contributed by atoms with Crippen molar-refractivity contribution in [3.8, 4) is 5.75 Å². The van der Waals surface area contributed by atoms with Crippen LogP contribution in [0, 0.1) is 0 Å². The van der Waals surface area contributed by atoms with Crippen LogP contribution < -0.4 is 15.0 Å². The van der Waals surface area contributed by atoms with Crippen LogP contribution in [0.1, 0.15) is 12.6 Å². The standard InChI is InChI=1S/C18H27N5OS.HI/c1-5-19-17(20-13-15-14-25-18(21-15)22(2)3)23(4)11-12-24-16-9-7-6-8-10-16;/h6-10,14H,5,11-13H2,1-4H3,(H,19,20);1H.